The molecule has 1 aliphatic carbocycles. The SMILES string of the molecule is COc1ccc([C@H]2C(C#N)=C(N)OC3=C2C(=O)CCC3)cc1COc1ccc(C)cc1. The van der Waals surface area contributed by atoms with Gasteiger partial charge in [-0.15, -0.1) is 0 Å². The van der Waals surface area contributed by atoms with Gasteiger partial charge < -0.3 is 19.9 Å². The molecule has 0 spiro atoms. The van der Waals surface area contributed by atoms with E-state index in [1.165, 1.54) is 0 Å². The van der Waals surface area contributed by atoms with Gasteiger partial charge in [0.2, 0.25) is 5.88 Å². The number of allylic oxidation sites excluding steroid dienone is 3. The normalized spacial score (nSPS) is 18.2. The Bertz CT molecular complexity index is 1120. The van der Waals surface area contributed by atoms with E-state index in [0.717, 1.165) is 28.9 Å². The summed E-state index contributed by atoms with van der Waals surface area (Å²) in [6.45, 7) is 2.30. The third kappa shape index (κ3) is 3.99. The molecule has 0 amide bonds. The third-order valence-corrected chi connectivity index (χ3v) is 5.66. The molecule has 31 heavy (non-hydrogen) atoms. The van der Waals surface area contributed by atoms with Gasteiger partial charge in [-0.05, 0) is 43.2 Å². The van der Waals surface area contributed by atoms with Gasteiger partial charge in [0.05, 0.1) is 13.0 Å². The number of nitrogens with zero attached hydrogens (tertiary/aromatic N) is 1. The number of aryl methyl sites for hydroxylation is 1. The van der Waals surface area contributed by atoms with Crippen molar-refractivity contribution in [1.29, 1.82) is 5.26 Å². The second kappa shape index (κ2) is 8.57. The van der Waals surface area contributed by atoms with Crippen LogP contribution < -0.4 is 15.2 Å². The van der Waals surface area contributed by atoms with Crippen molar-refractivity contribution in [2.75, 3.05) is 7.11 Å². The van der Waals surface area contributed by atoms with Crippen LogP contribution in [0, 0.1) is 18.3 Å². The highest BCUT2D eigenvalue weighted by molar-refractivity contribution is 5.99. The van der Waals surface area contributed by atoms with E-state index in [0.29, 0.717) is 29.9 Å². The van der Waals surface area contributed by atoms with Crippen LogP contribution in [-0.4, -0.2) is 12.9 Å². The summed E-state index contributed by atoms with van der Waals surface area (Å²) < 4.78 is 17.1. The van der Waals surface area contributed by atoms with E-state index in [1.807, 2.05) is 49.4 Å². The van der Waals surface area contributed by atoms with Crippen molar-refractivity contribution in [3.63, 3.8) is 0 Å². The lowest BCUT2D eigenvalue weighted by Gasteiger charge is -2.31. The second-order valence-corrected chi connectivity index (χ2v) is 7.71. The van der Waals surface area contributed by atoms with Crippen LogP contribution in [0.15, 0.2) is 65.3 Å². The van der Waals surface area contributed by atoms with E-state index in [4.69, 9.17) is 19.9 Å². The maximum absolute atomic E-state index is 12.8. The lowest BCUT2D eigenvalue weighted by molar-refractivity contribution is -0.116. The number of rotatable bonds is 5. The highest BCUT2D eigenvalue weighted by Gasteiger charge is 2.38. The molecule has 0 aromatic heterocycles. The van der Waals surface area contributed by atoms with Gasteiger partial charge in [-0.3, -0.25) is 4.79 Å². The predicted octanol–water partition coefficient (Wildman–Crippen LogP) is 4.40. The second-order valence-electron chi connectivity index (χ2n) is 7.71. The molecule has 0 unspecified atom stereocenters. The highest BCUT2D eigenvalue weighted by atomic mass is 16.5. The lowest BCUT2D eigenvalue weighted by Crippen LogP contribution is -2.27. The average molecular weight is 416 g/mol. The average Bonchev–Trinajstić information content (AvgIpc) is 2.77. The minimum atomic E-state index is -0.550. The van der Waals surface area contributed by atoms with E-state index in [1.54, 1.807) is 7.11 Å². The molecule has 2 aliphatic rings. The van der Waals surface area contributed by atoms with Crippen molar-refractivity contribution in [3.8, 4) is 17.6 Å². The Hall–Kier alpha value is -3.72. The molecule has 1 aliphatic heterocycles. The smallest absolute Gasteiger partial charge is 0.205 e. The van der Waals surface area contributed by atoms with Crippen LogP contribution in [0.3, 0.4) is 0 Å². The summed E-state index contributed by atoms with van der Waals surface area (Å²) in [5, 5.41) is 9.76. The Balaban J connectivity index is 1.72. The Labute approximate surface area is 181 Å². The predicted molar refractivity (Wildman–Crippen MR) is 115 cm³/mol. The maximum atomic E-state index is 12.8. The topological polar surface area (TPSA) is 94.6 Å². The summed E-state index contributed by atoms with van der Waals surface area (Å²) in [5.41, 5.74) is 9.59. The summed E-state index contributed by atoms with van der Waals surface area (Å²) in [4.78, 5) is 12.8. The van der Waals surface area contributed by atoms with Crippen LogP contribution in [0.2, 0.25) is 0 Å². The molecule has 4 rings (SSSR count). The zero-order chi connectivity index (χ0) is 22.0. The zero-order valence-corrected chi connectivity index (χ0v) is 17.6. The minimum absolute atomic E-state index is 0.000210. The fourth-order valence-electron chi connectivity index (χ4n) is 4.08. The summed E-state index contributed by atoms with van der Waals surface area (Å²) in [6, 6.07) is 15.6. The fraction of sp³-hybridized carbons (Fsp3) is 0.280. The van der Waals surface area contributed by atoms with Crippen LogP contribution in [0.1, 0.15) is 41.9 Å². The molecule has 0 saturated carbocycles. The summed E-state index contributed by atoms with van der Waals surface area (Å²) in [7, 11) is 1.60. The number of benzene rings is 2. The number of nitrogens with two attached hydrogens (primary N) is 1. The van der Waals surface area contributed by atoms with Gasteiger partial charge in [0.1, 0.15) is 35.5 Å². The van der Waals surface area contributed by atoms with E-state index in [-0.39, 0.29) is 23.8 Å². The molecule has 2 aromatic rings. The first-order chi connectivity index (χ1) is 15.0. The molecule has 6 heteroatoms. The number of Topliss-reactive ketones (excluding diaryl/α,β-unsaturated/α-hetero) is 1. The zero-order valence-electron chi connectivity index (χ0n) is 17.6. The number of nitriles is 1. The quantitative estimate of drug-likeness (QED) is 0.776. The molecule has 6 nitrogen and oxygen atoms in total. The Morgan fingerprint density at radius 1 is 1.19 bits per heavy atom. The highest BCUT2D eigenvalue weighted by Crippen LogP contribution is 2.44. The fourth-order valence-corrected chi connectivity index (χ4v) is 4.08. The molecular weight excluding hydrogens is 392 g/mol. The Kier molecular flexibility index (Phi) is 5.68. The first kappa shape index (κ1) is 20.5. The maximum Gasteiger partial charge on any atom is 0.205 e. The van der Waals surface area contributed by atoms with Crippen LogP contribution in [0.5, 0.6) is 11.5 Å². The summed E-state index contributed by atoms with van der Waals surface area (Å²) in [5.74, 6) is 1.51. The van der Waals surface area contributed by atoms with Gasteiger partial charge >= 0.3 is 0 Å². The van der Waals surface area contributed by atoms with E-state index >= 15 is 0 Å². The molecular formula is C25H24N2O4. The van der Waals surface area contributed by atoms with Gasteiger partial charge in [0, 0.05) is 24.0 Å². The van der Waals surface area contributed by atoms with Crippen LogP contribution in [0.4, 0.5) is 0 Å². The van der Waals surface area contributed by atoms with Crippen molar-refractivity contribution in [2.24, 2.45) is 5.73 Å². The third-order valence-electron chi connectivity index (χ3n) is 5.66. The summed E-state index contributed by atoms with van der Waals surface area (Å²) in [6.07, 6.45) is 1.80. The number of carbonyl (C=O) groups excluding carboxylic acids is 1. The largest absolute Gasteiger partial charge is 0.496 e. The number of carbonyl (C=O) groups is 1. The van der Waals surface area contributed by atoms with E-state index < -0.39 is 5.92 Å². The monoisotopic (exact) mass is 416 g/mol. The molecule has 2 aromatic carbocycles. The van der Waals surface area contributed by atoms with Crippen molar-refractivity contribution in [3.05, 3.63) is 81.9 Å². The first-order valence-corrected chi connectivity index (χ1v) is 10.2. The van der Waals surface area contributed by atoms with Gasteiger partial charge in [-0.1, -0.05) is 23.8 Å². The lowest BCUT2D eigenvalue weighted by atomic mass is 9.77. The van der Waals surface area contributed by atoms with Gasteiger partial charge in [0.25, 0.3) is 0 Å². The number of methoxy groups -OCH3 is 1. The number of ketones is 1. The molecule has 0 fully saturated rings. The van der Waals surface area contributed by atoms with Gasteiger partial charge in [-0.2, -0.15) is 5.26 Å². The molecule has 1 heterocycles. The molecule has 0 saturated heterocycles. The molecule has 0 radical (unpaired) electrons. The van der Waals surface area contributed by atoms with Gasteiger partial charge in [-0.25, -0.2) is 0 Å². The first-order valence-electron chi connectivity index (χ1n) is 10.2. The molecule has 1 atom stereocenters. The van der Waals surface area contributed by atoms with E-state index in [9.17, 15) is 10.1 Å². The summed E-state index contributed by atoms with van der Waals surface area (Å²) >= 11 is 0. The Morgan fingerprint density at radius 2 is 1.97 bits per heavy atom. The van der Waals surface area contributed by atoms with Crippen molar-refractivity contribution < 1.29 is 19.0 Å². The van der Waals surface area contributed by atoms with Gasteiger partial charge in [0.15, 0.2) is 5.78 Å². The van der Waals surface area contributed by atoms with E-state index in [2.05, 4.69) is 6.07 Å². The van der Waals surface area contributed by atoms with Crippen LogP contribution in [-0.2, 0) is 16.1 Å². The minimum Gasteiger partial charge on any atom is -0.496 e. The van der Waals surface area contributed by atoms with Crippen molar-refractivity contribution >= 4 is 5.78 Å². The number of hydrogen-bond acceptors (Lipinski definition) is 6. The van der Waals surface area contributed by atoms with Crippen molar-refractivity contribution in [2.45, 2.75) is 38.7 Å². The molecule has 0 bridgehead atoms. The number of ether oxygens (including phenoxy) is 3. The number of hydrogen-bond donors (Lipinski definition) is 1. The molecule has 2 N–H and O–H groups in total. The van der Waals surface area contributed by atoms with Crippen LogP contribution in [0.25, 0.3) is 0 Å². The van der Waals surface area contributed by atoms with Crippen LogP contribution >= 0.6 is 0 Å². The molecule has 158 valence electrons. The standard InChI is InChI=1S/C25H24N2O4/c1-15-6-9-18(10-7-15)30-14-17-12-16(8-11-21(17)29-2)23-19(13-26)25(27)31-22-5-3-4-20(28)24(22)23/h6-12,23H,3-5,14,27H2,1-2H3/t23-/m0/s1. The Morgan fingerprint density at radius 3 is 2.68 bits per heavy atom. The van der Waals surface area contributed by atoms with Crippen molar-refractivity contribution in [1.82, 2.24) is 0 Å².